The van der Waals surface area contributed by atoms with Crippen molar-refractivity contribution in [2.45, 2.75) is 54.0 Å². The van der Waals surface area contributed by atoms with Crippen molar-refractivity contribution in [3.8, 4) is 5.00 Å². The largest absolute Gasteiger partial charge is 0.382 e. The van der Waals surface area contributed by atoms with Gasteiger partial charge in [0.25, 0.3) is 5.91 Å². The number of aryl methyl sites for hydroxylation is 4. The van der Waals surface area contributed by atoms with E-state index in [1.807, 2.05) is 74.7 Å². The number of nitrogens with one attached hydrogen (secondary N) is 3. The molecule has 0 radical (unpaired) electrons. The molecule has 0 bridgehead atoms. The zero-order valence-electron chi connectivity index (χ0n) is 34.3. The number of thiophene rings is 1. The zero-order valence-corrected chi connectivity index (χ0v) is 36.7. The Hall–Kier alpha value is -4.55. The Labute approximate surface area is 357 Å². The summed E-state index contributed by atoms with van der Waals surface area (Å²) >= 11 is 9.36. The van der Waals surface area contributed by atoms with Gasteiger partial charge in [-0.3, -0.25) is 24.5 Å². The highest BCUT2D eigenvalue weighted by Gasteiger charge is 2.32. The van der Waals surface area contributed by atoms with Crippen LogP contribution in [0.4, 0.5) is 10.8 Å². The summed E-state index contributed by atoms with van der Waals surface area (Å²) in [5.74, 6) is 1.04. The van der Waals surface area contributed by atoms with E-state index in [-0.39, 0.29) is 18.2 Å². The van der Waals surface area contributed by atoms with E-state index in [9.17, 15) is 9.59 Å². The van der Waals surface area contributed by atoms with Crippen molar-refractivity contribution in [3.05, 3.63) is 102 Å². The number of fused-ring (bicyclic) bond motifs is 3. The highest BCUT2D eigenvalue weighted by molar-refractivity contribution is 7.16. The van der Waals surface area contributed by atoms with Crippen molar-refractivity contribution in [3.63, 3.8) is 0 Å². The number of hydrogen-bond acceptors (Lipinski definition) is 13. The number of aliphatic imine (C=N–C) groups is 1. The highest BCUT2D eigenvalue weighted by Crippen LogP contribution is 2.39. The van der Waals surface area contributed by atoms with Gasteiger partial charge >= 0.3 is 0 Å². The lowest BCUT2D eigenvalue weighted by atomic mass is 9.99. The Bertz CT molecular complexity index is 2230. The van der Waals surface area contributed by atoms with Gasteiger partial charge in [0.05, 0.1) is 70.7 Å². The van der Waals surface area contributed by atoms with Crippen LogP contribution in [0.15, 0.2) is 47.5 Å². The van der Waals surface area contributed by atoms with Gasteiger partial charge in [-0.1, -0.05) is 29.8 Å². The molecule has 1 aliphatic heterocycles. The predicted octanol–water partition coefficient (Wildman–Crippen LogP) is 7.12. The number of halogens is 1. The lowest BCUT2D eigenvalue weighted by molar-refractivity contribution is -0.121. The quantitative estimate of drug-likeness (QED) is 0.0648. The molecule has 14 nitrogen and oxygen atoms in total. The standard InChI is InChI=1S/C42H51ClN8O6S2/c1-25-28(4)58-41-37(25)38(31-10-12-32(43)13-11-31)47-35(39-50-49-30(6)51(39)41)24-36(52)45-15-17-55-19-21-57-23-22-56-20-18-54-16-14-44-34-9-7-8-33(26(34)2)40(53)48-42-46-27(3)29(5)59-42/h7-13,35,44H,14-24H2,1-6H3,(H,45,52)(H,46,48,53)/t35-/m0/s1. The molecule has 0 saturated heterocycles. The van der Waals surface area contributed by atoms with E-state index in [1.54, 1.807) is 11.3 Å². The fourth-order valence-electron chi connectivity index (χ4n) is 6.43. The molecular weight excluding hydrogens is 812 g/mol. The second kappa shape index (κ2) is 21.1. The van der Waals surface area contributed by atoms with Crippen LogP contribution in [0.5, 0.6) is 0 Å². The van der Waals surface area contributed by atoms with Gasteiger partial charge < -0.3 is 29.6 Å². The fraction of sp³-hybridized carbons (Fsp3) is 0.429. The van der Waals surface area contributed by atoms with Gasteiger partial charge in [-0.2, -0.15) is 0 Å². The summed E-state index contributed by atoms with van der Waals surface area (Å²) in [5, 5.41) is 20.3. The molecule has 1 aliphatic rings. The fourth-order valence-corrected chi connectivity index (χ4v) is 8.58. The molecule has 5 aromatic rings. The number of ether oxygens (including phenoxy) is 4. The van der Waals surface area contributed by atoms with Gasteiger partial charge in [-0.25, -0.2) is 4.98 Å². The minimum absolute atomic E-state index is 0.109. The monoisotopic (exact) mass is 862 g/mol. The van der Waals surface area contributed by atoms with Gasteiger partial charge in [0.15, 0.2) is 11.0 Å². The molecule has 0 unspecified atom stereocenters. The number of amides is 2. The van der Waals surface area contributed by atoms with Gasteiger partial charge in [0.1, 0.15) is 16.9 Å². The number of anilines is 2. The molecule has 3 aromatic heterocycles. The molecule has 17 heteroatoms. The molecule has 2 aromatic carbocycles. The van der Waals surface area contributed by atoms with Gasteiger partial charge in [-0.05, 0) is 76.9 Å². The molecule has 0 fully saturated rings. The molecule has 0 aliphatic carbocycles. The van der Waals surface area contributed by atoms with Crippen molar-refractivity contribution >= 4 is 62.6 Å². The van der Waals surface area contributed by atoms with Gasteiger partial charge in [0, 0.05) is 50.2 Å². The summed E-state index contributed by atoms with van der Waals surface area (Å²) < 4.78 is 24.6. The van der Waals surface area contributed by atoms with Crippen LogP contribution in [-0.2, 0) is 23.7 Å². The summed E-state index contributed by atoms with van der Waals surface area (Å²) in [7, 11) is 0. The summed E-state index contributed by atoms with van der Waals surface area (Å²) in [6.07, 6.45) is 0.109. The molecule has 2 amide bonds. The van der Waals surface area contributed by atoms with Crippen molar-refractivity contribution < 1.29 is 28.5 Å². The average molecular weight is 864 g/mol. The number of rotatable bonds is 21. The van der Waals surface area contributed by atoms with Crippen molar-refractivity contribution in [1.82, 2.24) is 25.1 Å². The summed E-state index contributed by atoms with van der Waals surface area (Å²) in [4.78, 5) is 37.9. The van der Waals surface area contributed by atoms with Crippen LogP contribution >= 0.6 is 34.3 Å². The molecule has 3 N–H and O–H groups in total. The highest BCUT2D eigenvalue weighted by atomic mass is 35.5. The normalized spacial score (nSPS) is 13.4. The minimum Gasteiger partial charge on any atom is -0.382 e. The van der Waals surface area contributed by atoms with Crippen LogP contribution in [-0.4, -0.2) is 103 Å². The first kappa shape index (κ1) is 44.0. The third kappa shape index (κ3) is 11.4. The Morgan fingerprint density at radius 3 is 2.10 bits per heavy atom. The van der Waals surface area contributed by atoms with Crippen molar-refractivity contribution in [1.29, 1.82) is 0 Å². The number of thiazole rings is 1. The first-order chi connectivity index (χ1) is 28.5. The molecule has 1 atom stereocenters. The lowest BCUT2D eigenvalue weighted by Gasteiger charge is -2.13. The van der Waals surface area contributed by atoms with Crippen LogP contribution < -0.4 is 16.0 Å². The predicted molar refractivity (Wildman–Crippen MR) is 233 cm³/mol. The summed E-state index contributed by atoms with van der Waals surface area (Å²) in [6.45, 7) is 16.3. The lowest BCUT2D eigenvalue weighted by Crippen LogP contribution is -2.29. The van der Waals surface area contributed by atoms with Crippen LogP contribution in [0.25, 0.3) is 5.00 Å². The maximum absolute atomic E-state index is 13.2. The van der Waals surface area contributed by atoms with E-state index in [0.29, 0.717) is 87.5 Å². The van der Waals surface area contributed by atoms with Gasteiger partial charge in [0.2, 0.25) is 5.91 Å². The Morgan fingerprint density at radius 2 is 1.44 bits per heavy atom. The number of nitrogens with zero attached hydrogens (tertiary/aromatic N) is 5. The van der Waals surface area contributed by atoms with Crippen molar-refractivity contribution in [2.24, 2.45) is 4.99 Å². The molecule has 314 valence electrons. The number of aromatic nitrogens is 4. The molecule has 59 heavy (non-hydrogen) atoms. The third-order valence-corrected chi connectivity index (χ3v) is 12.2. The van der Waals surface area contributed by atoms with E-state index in [0.717, 1.165) is 55.0 Å². The molecule has 6 rings (SSSR count). The second-order valence-electron chi connectivity index (χ2n) is 13.9. The molecule has 0 saturated carbocycles. The first-order valence-electron chi connectivity index (χ1n) is 19.5. The smallest absolute Gasteiger partial charge is 0.257 e. The number of benzene rings is 2. The maximum atomic E-state index is 13.2. The molecule has 0 spiro atoms. The van der Waals surface area contributed by atoms with Crippen LogP contribution in [0.1, 0.15) is 72.2 Å². The van der Waals surface area contributed by atoms with E-state index in [1.165, 1.54) is 16.2 Å². The second-order valence-corrected chi connectivity index (χ2v) is 16.8. The number of carbonyl (C=O) groups excluding carboxylic acids is 2. The first-order valence-corrected chi connectivity index (χ1v) is 21.6. The topological polar surface area (TPSA) is 163 Å². The maximum Gasteiger partial charge on any atom is 0.257 e. The Kier molecular flexibility index (Phi) is 15.8. The SMILES string of the molecule is Cc1nc(NC(=O)c2cccc(NCCOCCOCCOCCOCCNC(=O)C[C@@H]3N=C(c4ccc(Cl)cc4)c4c(sc(C)c4C)-n4c(C)nnc43)c2C)sc1C. The van der Waals surface area contributed by atoms with Crippen LogP contribution in [0, 0.1) is 41.5 Å². The van der Waals surface area contributed by atoms with Gasteiger partial charge in [-0.15, -0.1) is 32.9 Å². The van der Waals surface area contributed by atoms with Crippen LogP contribution in [0.2, 0.25) is 5.02 Å². The van der Waals surface area contributed by atoms with E-state index >= 15 is 0 Å². The van der Waals surface area contributed by atoms with E-state index in [4.69, 9.17) is 35.5 Å². The Morgan fingerprint density at radius 1 is 0.780 bits per heavy atom. The van der Waals surface area contributed by atoms with Crippen LogP contribution in [0.3, 0.4) is 0 Å². The number of carbonyl (C=O) groups is 2. The van der Waals surface area contributed by atoms with Crippen molar-refractivity contribution in [2.75, 3.05) is 76.6 Å². The summed E-state index contributed by atoms with van der Waals surface area (Å²) in [5.41, 5.74) is 7.15. The third-order valence-electron chi connectivity index (χ3n) is 9.81. The van der Waals surface area contributed by atoms with E-state index < -0.39 is 6.04 Å². The Balaban J connectivity index is 0.820. The van der Waals surface area contributed by atoms with E-state index in [2.05, 4.69) is 45.0 Å². The number of hydrogen-bond donors (Lipinski definition) is 3. The average Bonchev–Trinajstić information content (AvgIpc) is 3.82. The molecular formula is C42H51ClN8O6S2. The summed E-state index contributed by atoms with van der Waals surface area (Å²) in [6, 6.07) is 12.7. The minimum atomic E-state index is -0.536. The zero-order chi connectivity index (χ0) is 41.9. The molecule has 4 heterocycles.